The third-order valence-corrected chi connectivity index (χ3v) is 3.92. The number of nitrogens with two attached hydrogens (primary N) is 1. The van der Waals surface area contributed by atoms with Crippen molar-refractivity contribution >= 4 is 22.9 Å². The first kappa shape index (κ1) is 14.3. The van der Waals surface area contributed by atoms with Gasteiger partial charge in [-0.2, -0.15) is 0 Å². The first-order chi connectivity index (χ1) is 9.08. The van der Waals surface area contributed by atoms with Gasteiger partial charge in [-0.05, 0) is 37.1 Å². The lowest BCUT2D eigenvalue weighted by Crippen LogP contribution is -2.26. The molecule has 1 atom stereocenters. The Morgan fingerprint density at radius 3 is 2.84 bits per heavy atom. The number of hydrogen-bond donors (Lipinski definition) is 1. The van der Waals surface area contributed by atoms with E-state index in [1.165, 1.54) is 0 Å². The fourth-order valence-corrected chi connectivity index (χ4v) is 2.85. The van der Waals surface area contributed by atoms with E-state index in [0.29, 0.717) is 5.02 Å². The van der Waals surface area contributed by atoms with Crippen molar-refractivity contribution in [1.82, 2.24) is 4.98 Å². The molecule has 2 aromatic rings. The second-order valence-electron chi connectivity index (χ2n) is 4.48. The molecular formula is C14H17ClN2OS. The van der Waals surface area contributed by atoms with Crippen LogP contribution in [0, 0.1) is 6.92 Å². The summed E-state index contributed by atoms with van der Waals surface area (Å²) in [7, 11) is 1.65. The monoisotopic (exact) mass is 296 g/mol. The normalized spacial score (nSPS) is 12.4. The van der Waals surface area contributed by atoms with Gasteiger partial charge in [0.2, 0.25) is 0 Å². The van der Waals surface area contributed by atoms with Crippen LogP contribution >= 0.6 is 22.9 Å². The van der Waals surface area contributed by atoms with Crippen molar-refractivity contribution in [3.8, 4) is 5.75 Å². The van der Waals surface area contributed by atoms with Crippen LogP contribution in [-0.4, -0.2) is 18.1 Å². The van der Waals surface area contributed by atoms with Crippen LogP contribution < -0.4 is 10.5 Å². The summed E-state index contributed by atoms with van der Waals surface area (Å²) >= 11 is 7.66. The molecule has 0 aliphatic carbocycles. The van der Waals surface area contributed by atoms with Crippen LogP contribution in [0.1, 0.15) is 16.3 Å². The molecule has 0 fully saturated rings. The number of thiazole rings is 1. The highest BCUT2D eigenvalue weighted by Gasteiger charge is 2.11. The van der Waals surface area contributed by atoms with Crippen LogP contribution in [0.4, 0.5) is 0 Å². The van der Waals surface area contributed by atoms with Crippen molar-refractivity contribution in [1.29, 1.82) is 0 Å². The molecule has 0 saturated heterocycles. The Hall–Kier alpha value is -1.10. The topological polar surface area (TPSA) is 48.1 Å². The van der Waals surface area contributed by atoms with Crippen LogP contribution in [-0.2, 0) is 12.8 Å². The van der Waals surface area contributed by atoms with E-state index >= 15 is 0 Å². The molecule has 2 rings (SSSR count). The number of benzene rings is 1. The molecule has 0 aliphatic heterocycles. The highest BCUT2D eigenvalue weighted by atomic mass is 35.5. The maximum Gasteiger partial charge on any atom is 0.122 e. The summed E-state index contributed by atoms with van der Waals surface area (Å²) < 4.78 is 5.33. The van der Waals surface area contributed by atoms with Crippen LogP contribution in [0.3, 0.4) is 0 Å². The van der Waals surface area contributed by atoms with E-state index in [-0.39, 0.29) is 6.04 Å². The predicted molar refractivity (Wildman–Crippen MR) is 80.2 cm³/mol. The number of halogens is 1. The molecule has 3 nitrogen and oxygen atoms in total. The Kier molecular flexibility index (Phi) is 4.80. The molecule has 19 heavy (non-hydrogen) atoms. The molecule has 1 aromatic heterocycles. The smallest absolute Gasteiger partial charge is 0.122 e. The molecule has 0 aliphatic rings. The zero-order valence-electron chi connectivity index (χ0n) is 11.0. The van der Waals surface area contributed by atoms with E-state index < -0.39 is 0 Å². The number of methoxy groups -OCH3 is 1. The highest BCUT2D eigenvalue weighted by molar-refractivity contribution is 7.09. The van der Waals surface area contributed by atoms with Gasteiger partial charge in [0.15, 0.2) is 0 Å². The van der Waals surface area contributed by atoms with E-state index in [4.69, 9.17) is 22.1 Å². The number of nitrogens with zero attached hydrogens (tertiary/aromatic N) is 1. The molecule has 0 bridgehead atoms. The summed E-state index contributed by atoms with van der Waals surface area (Å²) in [5.41, 5.74) is 8.28. The van der Waals surface area contributed by atoms with Crippen molar-refractivity contribution < 1.29 is 4.74 Å². The fraction of sp³-hybridized carbons (Fsp3) is 0.357. The molecule has 0 saturated carbocycles. The van der Waals surface area contributed by atoms with Gasteiger partial charge in [0.05, 0.1) is 17.8 Å². The first-order valence-corrected chi connectivity index (χ1v) is 7.33. The van der Waals surface area contributed by atoms with Gasteiger partial charge in [0.1, 0.15) is 5.75 Å². The standard InChI is InChI=1S/C14H17ClN2OS/c1-9-17-13(8-19-9)7-12(16)6-10-5-11(15)3-4-14(10)18-2/h3-5,8,12H,6-7,16H2,1-2H3. The molecule has 5 heteroatoms. The zero-order valence-corrected chi connectivity index (χ0v) is 12.6. The number of aromatic nitrogens is 1. The van der Waals surface area contributed by atoms with Gasteiger partial charge in [-0.25, -0.2) is 4.98 Å². The van der Waals surface area contributed by atoms with Crippen LogP contribution in [0.15, 0.2) is 23.6 Å². The van der Waals surface area contributed by atoms with Gasteiger partial charge in [0.25, 0.3) is 0 Å². The quantitative estimate of drug-likeness (QED) is 0.921. The second kappa shape index (κ2) is 6.37. The minimum atomic E-state index is 0.00821. The summed E-state index contributed by atoms with van der Waals surface area (Å²) in [4.78, 5) is 4.43. The molecule has 0 radical (unpaired) electrons. The summed E-state index contributed by atoms with van der Waals surface area (Å²) in [6, 6.07) is 5.61. The van der Waals surface area contributed by atoms with Crippen LogP contribution in [0.5, 0.6) is 5.75 Å². The predicted octanol–water partition coefficient (Wildman–Crippen LogP) is 3.23. The molecule has 1 aromatic carbocycles. The second-order valence-corrected chi connectivity index (χ2v) is 5.98. The SMILES string of the molecule is COc1ccc(Cl)cc1CC(N)Cc1csc(C)n1. The molecule has 1 heterocycles. The molecular weight excluding hydrogens is 280 g/mol. The van der Waals surface area contributed by atoms with Gasteiger partial charge in [-0.15, -0.1) is 11.3 Å². The Morgan fingerprint density at radius 2 is 2.21 bits per heavy atom. The van der Waals surface area contributed by atoms with Crippen LogP contribution in [0.2, 0.25) is 5.02 Å². The summed E-state index contributed by atoms with van der Waals surface area (Å²) in [6.45, 7) is 2.00. The molecule has 0 amide bonds. The van der Waals surface area contributed by atoms with Crippen molar-refractivity contribution in [2.24, 2.45) is 5.73 Å². The third-order valence-electron chi connectivity index (χ3n) is 2.86. The fourth-order valence-electron chi connectivity index (χ4n) is 2.03. The number of ether oxygens (including phenoxy) is 1. The van der Waals surface area contributed by atoms with Crippen LogP contribution in [0.25, 0.3) is 0 Å². The van der Waals surface area contributed by atoms with Crippen molar-refractivity contribution in [3.05, 3.63) is 44.9 Å². The van der Waals surface area contributed by atoms with E-state index in [1.807, 2.05) is 25.1 Å². The van der Waals surface area contributed by atoms with Crippen molar-refractivity contribution in [2.75, 3.05) is 7.11 Å². The Bertz CT molecular complexity index is 556. The molecule has 0 spiro atoms. The van der Waals surface area contributed by atoms with Gasteiger partial charge in [-0.3, -0.25) is 0 Å². The minimum absolute atomic E-state index is 0.00821. The van der Waals surface area contributed by atoms with Gasteiger partial charge >= 0.3 is 0 Å². The average Bonchev–Trinajstić information content (AvgIpc) is 2.75. The summed E-state index contributed by atoms with van der Waals surface area (Å²) in [6.07, 6.45) is 1.49. The molecule has 2 N–H and O–H groups in total. The summed E-state index contributed by atoms with van der Waals surface area (Å²) in [5.74, 6) is 0.828. The molecule has 102 valence electrons. The minimum Gasteiger partial charge on any atom is -0.496 e. The lowest BCUT2D eigenvalue weighted by Gasteiger charge is -2.13. The lowest BCUT2D eigenvalue weighted by atomic mass is 10.0. The summed E-state index contributed by atoms with van der Waals surface area (Å²) in [5, 5.41) is 3.83. The Labute approximate surface area is 122 Å². The number of hydrogen-bond acceptors (Lipinski definition) is 4. The maximum absolute atomic E-state index is 6.19. The number of aryl methyl sites for hydroxylation is 1. The van der Waals surface area contributed by atoms with E-state index in [0.717, 1.165) is 34.9 Å². The van der Waals surface area contributed by atoms with Gasteiger partial charge in [0, 0.05) is 22.9 Å². The molecule has 1 unspecified atom stereocenters. The first-order valence-electron chi connectivity index (χ1n) is 6.07. The third kappa shape index (κ3) is 3.93. The van der Waals surface area contributed by atoms with E-state index in [2.05, 4.69) is 10.4 Å². The van der Waals surface area contributed by atoms with Crippen molar-refractivity contribution in [3.63, 3.8) is 0 Å². The van der Waals surface area contributed by atoms with Gasteiger partial charge < -0.3 is 10.5 Å². The Balaban J connectivity index is 2.05. The van der Waals surface area contributed by atoms with Crippen molar-refractivity contribution in [2.45, 2.75) is 25.8 Å². The van der Waals surface area contributed by atoms with E-state index in [1.54, 1.807) is 18.4 Å². The zero-order chi connectivity index (χ0) is 13.8. The average molecular weight is 297 g/mol. The number of rotatable bonds is 5. The lowest BCUT2D eigenvalue weighted by molar-refractivity contribution is 0.407. The van der Waals surface area contributed by atoms with Gasteiger partial charge in [-0.1, -0.05) is 11.6 Å². The van der Waals surface area contributed by atoms with E-state index in [9.17, 15) is 0 Å². The highest BCUT2D eigenvalue weighted by Crippen LogP contribution is 2.24. The maximum atomic E-state index is 6.19. The largest absolute Gasteiger partial charge is 0.496 e. The Morgan fingerprint density at radius 1 is 1.42 bits per heavy atom.